The van der Waals surface area contributed by atoms with Gasteiger partial charge in [0.2, 0.25) is 5.91 Å². The molecule has 0 saturated carbocycles. The van der Waals surface area contributed by atoms with E-state index in [1.807, 2.05) is 11.8 Å². The summed E-state index contributed by atoms with van der Waals surface area (Å²) in [6, 6.07) is 2.15. The number of hydrogen-bond acceptors (Lipinski definition) is 6. The van der Waals surface area contributed by atoms with Crippen LogP contribution in [0.5, 0.6) is 6.01 Å². The van der Waals surface area contributed by atoms with Gasteiger partial charge in [0.1, 0.15) is 18.8 Å². The number of piperidine rings is 1. The Bertz CT molecular complexity index is 610. The van der Waals surface area contributed by atoms with Crippen molar-refractivity contribution in [3.8, 4) is 6.01 Å². The molecule has 2 aromatic rings. The lowest BCUT2D eigenvalue weighted by atomic mass is 10.0. The molecule has 8 heteroatoms. The van der Waals surface area contributed by atoms with Gasteiger partial charge in [-0.1, -0.05) is 6.92 Å². The molecule has 0 radical (unpaired) electrons. The summed E-state index contributed by atoms with van der Waals surface area (Å²) in [6.45, 7) is 3.85. The summed E-state index contributed by atoms with van der Waals surface area (Å²) < 4.78 is 7.43. The maximum Gasteiger partial charge on any atom is 0.316 e. The molecule has 8 nitrogen and oxygen atoms in total. The quantitative estimate of drug-likeness (QED) is 0.810. The molecular weight excluding hydrogens is 296 g/mol. The Kier molecular flexibility index (Phi) is 4.80. The van der Waals surface area contributed by atoms with Gasteiger partial charge in [0.15, 0.2) is 0 Å². The number of carbonyl (C=O) groups is 1. The van der Waals surface area contributed by atoms with Crippen LogP contribution in [0.15, 0.2) is 31.1 Å². The second kappa shape index (κ2) is 7.17. The van der Waals surface area contributed by atoms with Crippen LogP contribution < -0.4 is 4.74 Å². The molecule has 0 spiro atoms. The summed E-state index contributed by atoms with van der Waals surface area (Å²) in [5.74, 6) is 0.0292. The van der Waals surface area contributed by atoms with Crippen LogP contribution in [0.3, 0.4) is 0 Å². The van der Waals surface area contributed by atoms with Gasteiger partial charge in [-0.2, -0.15) is 5.10 Å². The molecule has 122 valence electrons. The molecule has 0 N–H and O–H groups in total. The van der Waals surface area contributed by atoms with Crippen LogP contribution in [0.2, 0.25) is 0 Å². The standard InChI is InChI=1S/C15H20N6O2/c1-12(9-21-11-16-10-19-21)14(22)20-7-3-13(4-8-20)23-15-17-5-2-6-18-15/h2,5-6,10-13H,3-4,7-9H2,1H3. The van der Waals surface area contributed by atoms with Crippen molar-refractivity contribution >= 4 is 5.91 Å². The number of hydrogen-bond donors (Lipinski definition) is 0. The van der Waals surface area contributed by atoms with Gasteiger partial charge in [-0.05, 0) is 6.07 Å². The maximum atomic E-state index is 12.5. The molecule has 23 heavy (non-hydrogen) atoms. The zero-order valence-corrected chi connectivity index (χ0v) is 13.1. The van der Waals surface area contributed by atoms with E-state index in [2.05, 4.69) is 20.1 Å². The Labute approximate surface area is 134 Å². The molecule has 0 bridgehead atoms. The van der Waals surface area contributed by atoms with Gasteiger partial charge < -0.3 is 9.64 Å². The van der Waals surface area contributed by atoms with E-state index in [9.17, 15) is 4.79 Å². The predicted octanol–water partition coefficient (Wildman–Crippen LogP) is 0.774. The average Bonchev–Trinajstić information content (AvgIpc) is 3.09. The Hall–Kier alpha value is -2.51. The summed E-state index contributed by atoms with van der Waals surface area (Å²) in [5.41, 5.74) is 0. The van der Waals surface area contributed by atoms with E-state index in [1.54, 1.807) is 29.5 Å². The second-order valence-electron chi connectivity index (χ2n) is 5.69. The van der Waals surface area contributed by atoms with Crippen LogP contribution in [0.1, 0.15) is 19.8 Å². The normalized spacial score (nSPS) is 17.0. The Morgan fingerprint density at radius 1 is 1.35 bits per heavy atom. The number of rotatable bonds is 5. The highest BCUT2D eigenvalue weighted by atomic mass is 16.5. The third kappa shape index (κ3) is 4.02. The molecule has 1 amide bonds. The molecule has 1 fully saturated rings. The van der Waals surface area contributed by atoms with E-state index >= 15 is 0 Å². The highest BCUT2D eigenvalue weighted by Gasteiger charge is 2.27. The van der Waals surface area contributed by atoms with Gasteiger partial charge in [-0.25, -0.2) is 15.0 Å². The van der Waals surface area contributed by atoms with Gasteiger partial charge in [0, 0.05) is 38.3 Å². The Morgan fingerprint density at radius 3 is 2.74 bits per heavy atom. The fourth-order valence-electron chi connectivity index (χ4n) is 2.69. The number of nitrogens with zero attached hydrogens (tertiary/aromatic N) is 6. The number of ether oxygens (including phenoxy) is 1. The van der Waals surface area contributed by atoms with E-state index in [1.165, 1.54) is 6.33 Å². The van der Waals surface area contributed by atoms with E-state index in [4.69, 9.17) is 4.74 Å². The minimum atomic E-state index is -0.119. The first-order chi connectivity index (χ1) is 11.2. The minimum absolute atomic E-state index is 0.0621. The first-order valence-electron chi connectivity index (χ1n) is 7.77. The van der Waals surface area contributed by atoms with Crippen LogP contribution in [0, 0.1) is 5.92 Å². The summed E-state index contributed by atoms with van der Waals surface area (Å²) in [7, 11) is 0. The van der Waals surface area contributed by atoms with Gasteiger partial charge in [0.25, 0.3) is 0 Å². The van der Waals surface area contributed by atoms with Crippen LogP contribution in [0.25, 0.3) is 0 Å². The van der Waals surface area contributed by atoms with Crippen LogP contribution in [0.4, 0.5) is 0 Å². The van der Waals surface area contributed by atoms with Gasteiger partial charge >= 0.3 is 6.01 Å². The smallest absolute Gasteiger partial charge is 0.316 e. The lowest BCUT2D eigenvalue weighted by Crippen LogP contribution is -2.44. The fourth-order valence-corrected chi connectivity index (χ4v) is 2.69. The van der Waals surface area contributed by atoms with Crippen molar-refractivity contribution in [2.75, 3.05) is 13.1 Å². The zero-order chi connectivity index (χ0) is 16.1. The molecule has 3 rings (SSSR count). The minimum Gasteiger partial charge on any atom is -0.460 e. The van der Waals surface area contributed by atoms with Crippen molar-refractivity contribution in [3.63, 3.8) is 0 Å². The Morgan fingerprint density at radius 2 is 2.09 bits per heavy atom. The second-order valence-corrected chi connectivity index (χ2v) is 5.69. The van der Waals surface area contributed by atoms with Crippen LogP contribution in [-0.2, 0) is 11.3 Å². The summed E-state index contributed by atoms with van der Waals surface area (Å²) >= 11 is 0. The topological polar surface area (TPSA) is 86.0 Å². The average molecular weight is 316 g/mol. The molecule has 1 aliphatic rings. The first-order valence-corrected chi connectivity index (χ1v) is 7.77. The van der Waals surface area contributed by atoms with Crippen molar-refractivity contribution in [3.05, 3.63) is 31.1 Å². The lowest BCUT2D eigenvalue weighted by Gasteiger charge is -2.33. The maximum absolute atomic E-state index is 12.5. The number of amides is 1. The predicted molar refractivity (Wildman–Crippen MR) is 81.4 cm³/mol. The van der Waals surface area contributed by atoms with Crippen molar-refractivity contribution in [1.82, 2.24) is 29.6 Å². The highest BCUT2D eigenvalue weighted by Crippen LogP contribution is 2.17. The zero-order valence-electron chi connectivity index (χ0n) is 13.1. The summed E-state index contributed by atoms with van der Waals surface area (Å²) in [6.07, 6.45) is 8.07. The monoisotopic (exact) mass is 316 g/mol. The van der Waals surface area contributed by atoms with Gasteiger partial charge in [-0.15, -0.1) is 0 Å². The summed E-state index contributed by atoms with van der Waals surface area (Å²) in [5, 5.41) is 4.04. The van der Waals surface area contributed by atoms with Crippen molar-refractivity contribution in [2.45, 2.75) is 32.4 Å². The van der Waals surface area contributed by atoms with Crippen molar-refractivity contribution < 1.29 is 9.53 Å². The molecule has 0 aliphatic carbocycles. The van der Waals surface area contributed by atoms with E-state index < -0.39 is 0 Å². The van der Waals surface area contributed by atoms with Gasteiger partial charge in [0.05, 0.1) is 12.5 Å². The van der Waals surface area contributed by atoms with E-state index in [-0.39, 0.29) is 17.9 Å². The van der Waals surface area contributed by atoms with E-state index in [0.29, 0.717) is 25.6 Å². The largest absolute Gasteiger partial charge is 0.460 e. The third-order valence-electron chi connectivity index (χ3n) is 3.92. The van der Waals surface area contributed by atoms with E-state index in [0.717, 1.165) is 12.8 Å². The molecule has 1 unspecified atom stereocenters. The molecule has 3 heterocycles. The lowest BCUT2D eigenvalue weighted by molar-refractivity contribution is -0.137. The molecule has 1 aliphatic heterocycles. The first kappa shape index (κ1) is 15.4. The molecule has 1 atom stereocenters. The van der Waals surface area contributed by atoms with Gasteiger partial charge in [-0.3, -0.25) is 9.48 Å². The van der Waals surface area contributed by atoms with Crippen molar-refractivity contribution in [2.24, 2.45) is 5.92 Å². The number of likely N-dealkylation sites (tertiary alicyclic amines) is 1. The highest BCUT2D eigenvalue weighted by molar-refractivity contribution is 5.78. The number of carbonyl (C=O) groups excluding carboxylic acids is 1. The Balaban J connectivity index is 1.47. The SMILES string of the molecule is CC(Cn1cncn1)C(=O)N1CCC(Oc2ncccn2)CC1. The number of aromatic nitrogens is 5. The van der Waals surface area contributed by atoms with Crippen LogP contribution in [-0.4, -0.2) is 54.7 Å². The van der Waals surface area contributed by atoms with Crippen molar-refractivity contribution in [1.29, 1.82) is 0 Å². The summed E-state index contributed by atoms with van der Waals surface area (Å²) in [4.78, 5) is 26.4. The third-order valence-corrected chi connectivity index (χ3v) is 3.92. The molecular formula is C15H20N6O2. The van der Waals surface area contributed by atoms with Crippen LogP contribution >= 0.6 is 0 Å². The molecule has 2 aromatic heterocycles. The fraction of sp³-hybridized carbons (Fsp3) is 0.533. The molecule has 1 saturated heterocycles. The molecule has 0 aromatic carbocycles.